The summed E-state index contributed by atoms with van der Waals surface area (Å²) in [7, 11) is 1.76. The number of nitriles is 2. The third-order valence-corrected chi connectivity index (χ3v) is 2.30. The van der Waals surface area contributed by atoms with E-state index in [-0.39, 0.29) is 11.3 Å². The smallest absolute Gasteiger partial charge is 0.287 e. The maximum atomic E-state index is 10.6. The molecule has 0 amide bonds. The fourth-order valence-electron chi connectivity index (χ4n) is 1.36. The zero-order valence-electron chi connectivity index (χ0n) is 9.25. The van der Waals surface area contributed by atoms with Crippen LogP contribution >= 0.6 is 0 Å². The molecule has 0 N–H and O–H groups in total. The second kappa shape index (κ2) is 5.47. The summed E-state index contributed by atoms with van der Waals surface area (Å²) in [6, 6.07) is 8.13. The third-order valence-electron chi connectivity index (χ3n) is 2.30. The van der Waals surface area contributed by atoms with Gasteiger partial charge in [0.05, 0.1) is 17.4 Å². The second-order valence-corrected chi connectivity index (χ2v) is 3.40. The monoisotopic (exact) mass is 230 g/mol. The molecule has 0 radical (unpaired) electrons. The van der Waals surface area contributed by atoms with Gasteiger partial charge in [0.25, 0.3) is 5.69 Å². The molecule has 0 unspecified atom stereocenters. The second-order valence-electron chi connectivity index (χ2n) is 3.40. The van der Waals surface area contributed by atoms with Crippen molar-refractivity contribution < 1.29 is 4.92 Å². The average molecular weight is 230 g/mol. The zero-order chi connectivity index (χ0) is 12.8. The first kappa shape index (κ1) is 12.5. The van der Waals surface area contributed by atoms with Gasteiger partial charge >= 0.3 is 0 Å². The molecular weight excluding hydrogens is 220 g/mol. The predicted molar refractivity (Wildman–Crippen MR) is 61.3 cm³/mol. The number of nitro groups is 1. The lowest BCUT2D eigenvalue weighted by molar-refractivity contribution is -0.385. The molecule has 1 aromatic carbocycles. The minimum atomic E-state index is -0.586. The number of hydrogen-bond donors (Lipinski definition) is 0. The van der Waals surface area contributed by atoms with E-state index in [4.69, 9.17) is 10.5 Å². The van der Waals surface area contributed by atoms with E-state index >= 15 is 0 Å². The molecule has 1 rings (SSSR count). The summed E-state index contributed by atoms with van der Waals surface area (Å²) in [6.07, 6.45) is 0.357. The van der Waals surface area contributed by atoms with Crippen molar-refractivity contribution >= 4 is 11.4 Å². The standard InChI is InChI=1S/C11H10N4O2/c1-14(6-2-5-12)10-3-4-11(15(16)17)9(7-10)8-13/h3-4,7H,2,6H2,1H3. The highest BCUT2D eigenvalue weighted by molar-refractivity contribution is 5.59. The van der Waals surface area contributed by atoms with Gasteiger partial charge in [-0.15, -0.1) is 0 Å². The van der Waals surface area contributed by atoms with Gasteiger partial charge in [-0.25, -0.2) is 0 Å². The van der Waals surface area contributed by atoms with E-state index in [9.17, 15) is 10.1 Å². The topological polar surface area (TPSA) is 94.0 Å². The fraction of sp³-hybridized carbons (Fsp3) is 0.273. The summed E-state index contributed by atoms with van der Waals surface area (Å²) in [5, 5.41) is 27.9. The Hall–Kier alpha value is -2.60. The van der Waals surface area contributed by atoms with E-state index in [1.165, 1.54) is 12.1 Å². The molecular formula is C11H10N4O2. The Morgan fingerprint density at radius 2 is 2.18 bits per heavy atom. The molecule has 0 aromatic heterocycles. The van der Waals surface area contributed by atoms with Gasteiger partial charge in [-0.1, -0.05) is 0 Å². The van der Waals surface area contributed by atoms with Crippen molar-refractivity contribution in [2.24, 2.45) is 0 Å². The SMILES string of the molecule is CN(CCC#N)c1ccc([N+](=O)[O-])c(C#N)c1. The van der Waals surface area contributed by atoms with Crippen LogP contribution in [0.1, 0.15) is 12.0 Å². The largest absolute Gasteiger partial charge is 0.374 e. The predicted octanol–water partition coefficient (Wildman–Crippen LogP) is 1.82. The van der Waals surface area contributed by atoms with Crippen molar-refractivity contribution in [3.05, 3.63) is 33.9 Å². The Bertz CT molecular complexity index is 513. The molecule has 86 valence electrons. The summed E-state index contributed by atoms with van der Waals surface area (Å²) in [5.41, 5.74) is 0.503. The summed E-state index contributed by atoms with van der Waals surface area (Å²) >= 11 is 0. The first-order valence-corrected chi connectivity index (χ1v) is 4.86. The molecule has 1 aromatic rings. The fourth-order valence-corrected chi connectivity index (χ4v) is 1.36. The molecule has 0 atom stereocenters. The maximum absolute atomic E-state index is 10.6. The van der Waals surface area contributed by atoms with E-state index in [2.05, 4.69) is 0 Å². The normalized spacial score (nSPS) is 9.12. The lowest BCUT2D eigenvalue weighted by Gasteiger charge is -2.17. The molecule has 0 aliphatic heterocycles. The Kier molecular flexibility index (Phi) is 4.02. The molecule has 0 heterocycles. The molecule has 0 aliphatic carbocycles. The minimum absolute atomic E-state index is 0.0244. The Morgan fingerprint density at radius 1 is 1.47 bits per heavy atom. The van der Waals surface area contributed by atoms with Gasteiger partial charge in [0.2, 0.25) is 0 Å². The van der Waals surface area contributed by atoms with E-state index in [0.717, 1.165) is 0 Å². The molecule has 0 fully saturated rings. The van der Waals surface area contributed by atoms with E-state index in [0.29, 0.717) is 18.7 Å². The van der Waals surface area contributed by atoms with Gasteiger partial charge in [-0.2, -0.15) is 10.5 Å². The van der Waals surface area contributed by atoms with Crippen LogP contribution in [0, 0.1) is 32.8 Å². The lowest BCUT2D eigenvalue weighted by Crippen LogP contribution is -2.18. The van der Waals surface area contributed by atoms with Gasteiger partial charge in [-0.3, -0.25) is 10.1 Å². The quantitative estimate of drug-likeness (QED) is 0.580. The number of rotatable bonds is 4. The summed E-state index contributed by atoms with van der Waals surface area (Å²) < 4.78 is 0. The number of benzene rings is 1. The molecule has 6 heteroatoms. The number of hydrogen-bond acceptors (Lipinski definition) is 5. The van der Waals surface area contributed by atoms with Crippen LogP contribution in [0.25, 0.3) is 0 Å². The first-order valence-electron chi connectivity index (χ1n) is 4.86. The van der Waals surface area contributed by atoms with Crippen LogP contribution in [0.3, 0.4) is 0 Å². The van der Waals surface area contributed by atoms with Crippen LogP contribution < -0.4 is 4.90 Å². The minimum Gasteiger partial charge on any atom is -0.374 e. The van der Waals surface area contributed by atoms with Crippen molar-refractivity contribution in [1.82, 2.24) is 0 Å². The zero-order valence-corrected chi connectivity index (χ0v) is 9.25. The van der Waals surface area contributed by atoms with Crippen LogP contribution in [0.15, 0.2) is 18.2 Å². The highest BCUT2D eigenvalue weighted by atomic mass is 16.6. The van der Waals surface area contributed by atoms with Crippen LogP contribution in [-0.2, 0) is 0 Å². The summed E-state index contributed by atoms with van der Waals surface area (Å²) in [6.45, 7) is 0.513. The number of nitrogens with zero attached hydrogens (tertiary/aromatic N) is 4. The van der Waals surface area contributed by atoms with Gasteiger partial charge in [-0.05, 0) is 12.1 Å². The van der Waals surface area contributed by atoms with Crippen molar-refractivity contribution in [2.45, 2.75) is 6.42 Å². The lowest BCUT2D eigenvalue weighted by atomic mass is 10.1. The van der Waals surface area contributed by atoms with Crippen molar-refractivity contribution in [3.63, 3.8) is 0 Å². The van der Waals surface area contributed by atoms with Crippen LogP contribution in [0.2, 0.25) is 0 Å². The Labute approximate surface area is 98.5 Å². The van der Waals surface area contributed by atoms with E-state index in [1.54, 1.807) is 24.1 Å². The first-order chi connectivity index (χ1) is 8.10. The Balaban J connectivity index is 3.03. The Morgan fingerprint density at radius 3 is 2.71 bits per heavy atom. The van der Waals surface area contributed by atoms with Crippen molar-refractivity contribution in [3.8, 4) is 12.1 Å². The van der Waals surface area contributed by atoms with Crippen LogP contribution in [-0.4, -0.2) is 18.5 Å². The molecule has 0 spiro atoms. The average Bonchev–Trinajstić information content (AvgIpc) is 2.34. The van der Waals surface area contributed by atoms with Crippen molar-refractivity contribution in [2.75, 3.05) is 18.5 Å². The highest BCUT2D eigenvalue weighted by Gasteiger charge is 2.14. The maximum Gasteiger partial charge on any atom is 0.287 e. The number of nitro benzene ring substituents is 1. The highest BCUT2D eigenvalue weighted by Crippen LogP contribution is 2.23. The van der Waals surface area contributed by atoms with Crippen molar-refractivity contribution in [1.29, 1.82) is 10.5 Å². The van der Waals surface area contributed by atoms with Crippen LogP contribution in [0.4, 0.5) is 11.4 Å². The molecule has 6 nitrogen and oxygen atoms in total. The molecule has 0 aliphatic rings. The van der Waals surface area contributed by atoms with Gasteiger partial charge in [0.15, 0.2) is 0 Å². The number of anilines is 1. The van der Waals surface area contributed by atoms with Gasteiger partial charge < -0.3 is 4.90 Å². The van der Waals surface area contributed by atoms with E-state index < -0.39 is 4.92 Å². The molecule has 0 saturated carbocycles. The van der Waals surface area contributed by atoms with Gasteiger partial charge in [0.1, 0.15) is 11.6 Å². The molecule has 17 heavy (non-hydrogen) atoms. The van der Waals surface area contributed by atoms with E-state index in [1.807, 2.05) is 6.07 Å². The van der Waals surface area contributed by atoms with Crippen LogP contribution in [0.5, 0.6) is 0 Å². The molecule has 0 saturated heterocycles. The summed E-state index contributed by atoms with van der Waals surface area (Å²) in [5.74, 6) is 0. The van der Waals surface area contributed by atoms with Gasteiger partial charge in [0, 0.05) is 25.3 Å². The third kappa shape index (κ3) is 2.93. The summed E-state index contributed by atoms with van der Waals surface area (Å²) in [4.78, 5) is 11.8. The molecule has 0 bridgehead atoms.